The van der Waals surface area contributed by atoms with Crippen molar-refractivity contribution in [3.05, 3.63) is 69.6 Å². The molecule has 0 radical (unpaired) electrons. The van der Waals surface area contributed by atoms with Crippen LogP contribution < -0.4 is 10.9 Å². The summed E-state index contributed by atoms with van der Waals surface area (Å²) in [5, 5.41) is 5.53. The minimum atomic E-state index is -0.160. The zero-order valence-electron chi connectivity index (χ0n) is 16.6. The summed E-state index contributed by atoms with van der Waals surface area (Å²) in [5.74, 6) is -0.160. The predicted octanol–water partition coefficient (Wildman–Crippen LogP) is 5.00. The van der Waals surface area contributed by atoms with Crippen LogP contribution in [-0.4, -0.2) is 15.5 Å². The van der Waals surface area contributed by atoms with Gasteiger partial charge in [0.2, 0.25) is 5.91 Å². The molecule has 3 aromatic heterocycles. The van der Waals surface area contributed by atoms with E-state index in [0.29, 0.717) is 11.1 Å². The maximum Gasteiger partial charge on any atom is 0.262 e. The highest BCUT2D eigenvalue weighted by Crippen LogP contribution is 2.30. The second-order valence-corrected chi connectivity index (χ2v) is 8.52. The van der Waals surface area contributed by atoms with Gasteiger partial charge in [0.25, 0.3) is 5.56 Å². The van der Waals surface area contributed by atoms with Crippen molar-refractivity contribution >= 4 is 55.1 Å². The monoisotopic (exact) mass is 417 g/mol. The summed E-state index contributed by atoms with van der Waals surface area (Å²) in [5.41, 5.74) is 3.16. The highest BCUT2D eigenvalue weighted by molar-refractivity contribution is 7.18. The molecule has 0 spiro atoms. The van der Waals surface area contributed by atoms with Gasteiger partial charge >= 0.3 is 0 Å². The van der Waals surface area contributed by atoms with E-state index in [4.69, 9.17) is 4.42 Å². The molecule has 0 fully saturated rings. The first-order chi connectivity index (χ1) is 14.5. The largest absolute Gasteiger partial charge is 0.456 e. The lowest BCUT2D eigenvalue weighted by Gasteiger charge is -2.07. The van der Waals surface area contributed by atoms with Gasteiger partial charge in [-0.15, -0.1) is 11.3 Å². The summed E-state index contributed by atoms with van der Waals surface area (Å²) in [4.78, 5) is 31.5. The van der Waals surface area contributed by atoms with Gasteiger partial charge in [0.05, 0.1) is 11.7 Å². The fourth-order valence-electron chi connectivity index (χ4n) is 3.68. The molecule has 30 heavy (non-hydrogen) atoms. The van der Waals surface area contributed by atoms with Gasteiger partial charge in [0, 0.05) is 34.3 Å². The number of thiophene rings is 1. The van der Waals surface area contributed by atoms with Crippen LogP contribution in [0.4, 0.5) is 5.69 Å². The van der Waals surface area contributed by atoms with Crippen LogP contribution >= 0.6 is 11.3 Å². The lowest BCUT2D eigenvalue weighted by Crippen LogP contribution is -2.23. The summed E-state index contributed by atoms with van der Waals surface area (Å²) < 4.78 is 7.33. The Morgan fingerprint density at radius 3 is 2.80 bits per heavy atom. The number of fused-ring (bicyclic) bond motifs is 4. The summed E-state index contributed by atoms with van der Waals surface area (Å²) in [6.07, 6.45) is 1.70. The number of hydrogen-bond acceptors (Lipinski definition) is 5. The molecule has 6 nitrogen and oxygen atoms in total. The number of para-hydroxylation sites is 1. The van der Waals surface area contributed by atoms with Crippen LogP contribution in [0.1, 0.15) is 16.9 Å². The van der Waals surface area contributed by atoms with Gasteiger partial charge in [-0.2, -0.15) is 0 Å². The first kappa shape index (κ1) is 18.6. The van der Waals surface area contributed by atoms with E-state index in [1.807, 2.05) is 56.3 Å². The van der Waals surface area contributed by atoms with Crippen LogP contribution in [-0.2, 0) is 11.3 Å². The molecule has 7 heteroatoms. The molecule has 0 saturated carbocycles. The molecular weight excluding hydrogens is 398 g/mol. The molecule has 0 atom stereocenters. The molecule has 0 saturated heterocycles. The molecule has 0 bridgehead atoms. The van der Waals surface area contributed by atoms with Crippen molar-refractivity contribution in [2.75, 3.05) is 5.32 Å². The number of amides is 1. The Morgan fingerprint density at radius 2 is 1.93 bits per heavy atom. The molecule has 1 N–H and O–H groups in total. The van der Waals surface area contributed by atoms with Gasteiger partial charge in [-0.25, -0.2) is 4.98 Å². The molecule has 2 aromatic carbocycles. The van der Waals surface area contributed by atoms with Crippen LogP contribution in [0.3, 0.4) is 0 Å². The van der Waals surface area contributed by atoms with Gasteiger partial charge in [0.15, 0.2) is 0 Å². The average molecular weight is 417 g/mol. The molecular formula is C23H19N3O3S. The summed E-state index contributed by atoms with van der Waals surface area (Å²) in [6.45, 7) is 4.20. The van der Waals surface area contributed by atoms with Gasteiger partial charge in [-0.1, -0.05) is 18.2 Å². The van der Waals surface area contributed by atoms with Crippen LogP contribution in [0.15, 0.2) is 58.0 Å². The molecule has 5 rings (SSSR count). The smallest absolute Gasteiger partial charge is 0.262 e. The molecule has 0 aliphatic rings. The standard InChI is InChI=1S/C23H19N3O3S/c1-13-14(2)30-22-21(13)23(28)26(12-24-22)10-9-20(27)25-15-7-8-19-17(11-15)16-5-3-4-6-18(16)29-19/h3-8,11-12H,9-10H2,1-2H3,(H,25,27). The maximum atomic E-state index is 12.8. The van der Waals surface area contributed by atoms with E-state index >= 15 is 0 Å². The number of hydrogen-bond donors (Lipinski definition) is 1. The predicted molar refractivity (Wildman–Crippen MR) is 120 cm³/mol. The number of aromatic nitrogens is 2. The fourth-order valence-corrected chi connectivity index (χ4v) is 4.67. The molecule has 0 unspecified atom stereocenters. The third-order valence-electron chi connectivity index (χ3n) is 5.40. The zero-order chi connectivity index (χ0) is 20.8. The van der Waals surface area contributed by atoms with E-state index in [1.54, 1.807) is 0 Å². The Bertz CT molecular complexity index is 1490. The maximum absolute atomic E-state index is 12.8. The number of benzene rings is 2. The highest BCUT2D eigenvalue weighted by Gasteiger charge is 2.13. The number of nitrogens with zero attached hydrogens (tertiary/aromatic N) is 2. The number of anilines is 1. The quantitative estimate of drug-likeness (QED) is 0.446. The van der Waals surface area contributed by atoms with Crippen molar-refractivity contribution in [3.8, 4) is 0 Å². The molecule has 1 amide bonds. The third kappa shape index (κ3) is 3.07. The van der Waals surface area contributed by atoms with Gasteiger partial charge in [-0.3, -0.25) is 14.2 Å². The second-order valence-electron chi connectivity index (χ2n) is 7.31. The summed E-state index contributed by atoms with van der Waals surface area (Å²) >= 11 is 1.52. The zero-order valence-corrected chi connectivity index (χ0v) is 17.4. The Kier molecular flexibility index (Phi) is 4.40. The topological polar surface area (TPSA) is 77.1 Å². The van der Waals surface area contributed by atoms with Gasteiger partial charge in [0.1, 0.15) is 16.0 Å². The first-order valence-corrected chi connectivity index (χ1v) is 10.5. The fraction of sp³-hybridized carbons (Fsp3) is 0.174. The van der Waals surface area contributed by atoms with Crippen LogP contribution in [0, 0.1) is 13.8 Å². The summed E-state index contributed by atoms with van der Waals surface area (Å²) in [6, 6.07) is 13.4. The number of rotatable bonds is 4. The molecule has 0 aliphatic heterocycles. The van der Waals surface area contributed by atoms with E-state index in [9.17, 15) is 9.59 Å². The lowest BCUT2D eigenvalue weighted by molar-refractivity contribution is -0.116. The van der Waals surface area contributed by atoms with E-state index in [2.05, 4.69) is 10.3 Å². The van der Waals surface area contributed by atoms with Crippen LogP contribution in [0.25, 0.3) is 32.2 Å². The normalized spacial score (nSPS) is 11.5. The second kappa shape index (κ2) is 7.11. The molecule has 150 valence electrons. The highest BCUT2D eigenvalue weighted by atomic mass is 32.1. The van der Waals surface area contributed by atoms with Crippen molar-refractivity contribution in [1.82, 2.24) is 9.55 Å². The van der Waals surface area contributed by atoms with E-state index in [-0.39, 0.29) is 24.4 Å². The van der Waals surface area contributed by atoms with E-state index in [0.717, 1.165) is 37.2 Å². The number of aryl methyl sites for hydroxylation is 3. The number of carbonyl (C=O) groups is 1. The average Bonchev–Trinajstić information content (AvgIpc) is 3.25. The van der Waals surface area contributed by atoms with Crippen LogP contribution in [0.5, 0.6) is 0 Å². The van der Waals surface area contributed by atoms with Gasteiger partial charge < -0.3 is 9.73 Å². The summed E-state index contributed by atoms with van der Waals surface area (Å²) in [7, 11) is 0. The minimum Gasteiger partial charge on any atom is -0.456 e. The third-order valence-corrected chi connectivity index (χ3v) is 6.51. The van der Waals surface area contributed by atoms with E-state index in [1.165, 1.54) is 22.2 Å². The SMILES string of the molecule is Cc1sc2ncn(CCC(=O)Nc3ccc4oc5ccccc5c4c3)c(=O)c2c1C. The Labute approximate surface area is 175 Å². The number of nitrogens with one attached hydrogen (secondary N) is 1. The van der Waals surface area contributed by atoms with Crippen molar-refractivity contribution in [3.63, 3.8) is 0 Å². The van der Waals surface area contributed by atoms with Crippen molar-refractivity contribution in [2.24, 2.45) is 0 Å². The minimum absolute atomic E-state index is 0.0964. The Morgan fingerprint density at radius 1 is 1.13 bits per heavy atom. The molecule has 3 heterocycles. The lowest BCUT2D eigenvalue weighted by atomic mass is 10.1. The Balaban J connectivity index is 1.35. The number of carbonyl (C=O) groups excluding carboxylic acids is 1. The van der Waals surface area contributed by atoms with Crippen LogP contribution in [0.2, 0.25) is 0 Å². The molecule has 0 aliphatic carbocycles. The van der Waals surface area contributed by atoms with Crippen molar-refractivity contribution < 1.29 is 9.21 Å². The molecule has 5 aromatic rings. The van der Waals surface area contributed by atoms with Crippen molar-refractivity contribution in [2.45, 2.75) is 26.8 Å². The Hall–Kier alpha value is -3.45. The van der Waals surface area contributed by atoms with E-state index < -0.39 is 0 Å². The van der Waals surface area contributed by atoms with Gasteiger partial charge in [-0.05, 0) is 43.7 Å². The number of furan rings is 1. The van der Waals surface area contributed by atoms with Crippen molar-refractivity contribution in [1.29, 1.82) is 0 Å². The first-order valence-electron chi connectivity index (χ1n) is 9.67.